The molecule has 0 spiro atoms. The van der Waals surface area contributed by atoms with Crippen molar-refractivity contribution in [3.05, 3.63) is 0 Å². The van der Waals surface area contributed by atoms with Gasteiger partial charge in [-0.15, -0.1) is 0 Å². The van der Waals surface area contributed by atoms with E-state index in [9.17, 15) is 4.57 Å². The SMILES string of the molecule is CC1(P(=O)(O)O)CCC=N1. The van der Waals surface area contributed by atoms with Gasteiger partial charge in [-0.1, -0.05) is 0 Å². The molecule has 0 amide bonds. The number of nitrogens with zero attached hydrogens (tertiary/aromatic N) is 1. The molecule has 0 aromatic heterocycles. The van der Waals surface area contributed by atoms with Crippen molar-refractivity contribution in [2.24, 2.45) is 4.99 Å². The zero-order valence-corrected chi connectivity index (χ0v) is 6.58. The summed E-state index contributed by atoms with van der Waals surface area (Å²) in [5.41, 5.74) is 0. The molecular formula is C5H10NO3P. The van der Waals surface area contributed by atoms with Crippen LogP contribution in [0.4, 0.5) is 0 Å². The number of hydrogen-bond acceptors (Lipinski definition) is 2. The molecule has 4 nitrogen and oxygen atoms in total. The van der Waals surface area contributed by atoms with E-state index < -0.39 is 12.9 Å². The molecular weight excluding hydrogens is 153 g/mol. The van der Waals surface area contributed by atoms with E-state index in [1.807, 2.05) is 0 Å². The Balaban J connectivity index is 2.89. The predicted octanol–water partition coefficient (Wildman–Crippen LogP) is 0.745. The van der Waals surface area contributed by atoms with Crippen molar-refractivity contribution in [1.82, 2.24) is 0 Å². The fourth-order valence-electron chi connectivity index (χ4n) is 0.885. The molecule has 0 bridgehead atoms. The second-order valence-electron chi connectivity index (χ2n) is 2.61. The van der Waals surface area contributed by atoms with Gasteiger partial charge < -0.3 is 9.79 Å². The third kappa shape index (κ3) is 1.15. The van der Waals surface area contributed by atoms with Crippen molar-refractivity contribution in [1.29, 1.82) is 0 Å². The van der Waals surface area contributed by atoms with Gasteiger partial charge in [-0.25, -0.2) is 0 Å². The van der Waals surface area contributed by atoms with Gasteiger partial charge >= 0.3 is 7.60 Å². The van der Waals surface area contributed by atoms with E-state index in [0.717, 1.165) is 0 Å². The number of rotatable bonds is 1. The van der Waals surface area contributed by atoms with Gasteiger partial charge in [-0.2, -0.15) is 0 Å². The van der Waals surface area contributed by atoms with Gasteiger partial charge in [0.2, 0.25) is 0 Å². The highest BCUT2D eigenvalue weighted by Crippen LogP contribution is 2.54. The van der Waals surface area contributed by atoms with Crippen LogP contribution >= 0.6 is 7.60 Å². The Labute approximate surface area is 59.1 Å². The normalized spacial score (nSPS) is 33.1. The highest BCUT2D eigenvalue weighted by molar-refractivity contribution is 7.53. The zero-order valence-electron chi connectivity index (χ0n) is 5.69. The molecule has 0 aromatic rings. The van der Waals surface area contributed by atoms with Crippen LogP contribution in [0, 0.1) is 0 Å². The monoisotopic (exact) mass is 163 g/mol. The molecule has 1 aliphatic heterocycles. The van der Waals surface area contributed by atoms with Crippen LogP contribution in [-0.2, 0) is 4.57 Å². The molecule has 0 radical (unpaired) electrons. The summed E-state index contributed by atoms with van der Waals surface area (Å²) in [6.07, 6.45) is 2.69. The first-order valence-corrected chi connectivity index (χ1v) is 4.66. The Morgan fingerprint density at radius 2 is 2.30 bits per heavy atom. The van der Waals surface area contributed by atoms with Crippen molar-refractivity contribution in [3.63, 3.8) is 0 Å². The van der Waals surface area contributed by atoms with Crippen molar-refractivity contribution in [2.75, 3.05) is 0 Å². The summed E-state index contributed by atoms with van der Waals surface area (Å²) in [6.45, 7) is 1.48. The second kappa shape index (κ2) is 2.16. The third-order valence-corrected chi connectivity index (χ3v) is 3.34. The smallest absolute Gasteiger partial charge is 0.323 e. The lowest BCUT2D eigenvalue weighted by Gasteiger charge is -2.21. The van der Waals surface area contributed by atoms with Crippen LogP contribution < -0.4 is 0 Å². The van der Waals surface area contributed by atoms with Crippen LogP contribution in [0.5, 0.6) is 0 Å². The van der Waals surface area contributed by atoms with Crippen LogP contribution in [-0.4, -0.2) is 21.3 Å². The maximum Gasteiger partial charge on any atom is 0.352 e. The van der Waals surface area contributed by atoms with E-state index >= 15 is 0 Å². The predicted molar refractivity (Wildman–Crippen MR) is 38.2 cm³/mol. The Kier molecular flexibility index (Phi) is 1.71. The first-order chi connectivity index (χ1) is 4.46. The number of hydrogen-bond donors (Lipinski definition) is 2. The van der Waals surface area contributed by atoms with Gasteiger partial charge in [0.25, 0.3) is 0 Å². The van der Waals surface area contributed by atoms with Gasteiger partial charge in [0.05, 0.1) is 0 Å². The zero-order chi connectivity index (χ0) is 7.83. The summed E-state index contributed by atoms with van der Waals surface area (Å²) in [6, 6.07) is 0. The quantitative estimate of drug-likeness (QED) is 0.560. The fraction of sp³-hybridized carbons (Fsp3) is 0.800. The lowest BCUT2D eigenvalue weighted by Crippen LogP contribution is -2.17. The first kappa shape index (κ1) is 7.92. The standard InChI is InChI=1S/C5H10NO3P/c1-5(10(7,8)9)3-2-4-6-5/h4H,2-3H2,1H3,(H2,7,8,9). The van der Waals surface area contributed by atoms with Crippen molar-refractivity contribution >= 4 is 13.8 Å². The summed E-state index contributed by atoms with van der Waals surface area (Å²) in [7, 11) is -4.02. The van der Waals surface area contributed by atoms with Gasteiger partial charge in [-0.3, -0.25) is 9.56 Å². The summed E-state index contributed by atoms with van der Waals surface area (Å²) in [5, 5.41) is -1.13. The van der Waals surface area contributed by atoms with E-state index in [2.05, 4.69) is 4.99 Å². The third-order valence-electron chi connectivity index (χ3n) is 1.74. The molecule has 1 unspecified atom stereocenters. The molecule has 2 N–H and O–H groups in total. The first-order valence-electron chi connectivity index (χ1n) is 3.05. The van der Waals surface area contributed by atoms with Gasteiger partial charge in [0.1, 0.15) is 0 Å². The summed E-state index contributed by atoms with van der Waals surface area (Å²) < 4.78 is 10.7. The molecule has 0 aliphatic carbocycles. The molecule has 5 heteroatoms. The summed E-state index contributed by atoms with van der Waals surface area (Å²) in [4.78, 5) is 21.3. The van der Waals surface area contributed by atoms with Crippen LogP contribution in [0.25, 0.3) is 0 Å². The van der Waals surface area contributed by atoms with Crippen LogP contribution in [0.1, 0.15) is 19.8 Å². The maximum atomic E-state index is 10.7. The highest BCUT2D eigenvalue weighted by Gasteiger charge is 2.43. The Bertz CT molecular complexity index is 209. The minimum absolute atomic E-state index is 0.456. The molecule has 0 saturated heterocycles. The van der Waals surface area contributed by atoms with Crippen LogP contribution in [0.2, 0.25) is 0 Å². The summed E-state index contributed by atoms with van der Waals surface area (Å²) >= 11 is 0. The van der Waals surface area contributed by atoms with Crippen LogP contribution in [0.3, 0.4) is 0 Å². The average molecular weight is 163 g/mol. The Morgan fingerprint density at radius 3 is 2.50 bits per heavy atom. The van der Waals surface area contributed by atoms with Crippen molar-refractivity contribution < 1.29 is 14.4 Å². The minimum Gasteiger partial charge on any atom is -0.323 e. The lowest BCUT2D eigenvalue weighted by atomic mass is 10.2. The molecule has 0 saturated carbocycles. The van der Waals surface area contributed by atoms with E-state index in [0.29, 0.717) is 12.8 Å². The maximum absolute atomic E-state index is 10.7. The molecule has 58 valence electrons. The fourth-order valence-corrected chi connectivity index (χ4v) is 1.54. The van der Waals surface area contributed by atoms with Gasteiger partial charge in [0, 0.05) is 6.21 Å². The van der Waals surface area contributed by atoms with Crippen molar-refractivity contribution in [2.45, 2.75) is 25.0 Å². The molecule has 1 aliphatic rings. The minimum atomic E-state index is -4.02. The second-order valence-corrected chi connectivity index (χ2v) is 4.66. The van der Waals surface area contributed by atoms with E-state index in [-0.39, 0.29) is 0 Å². The number of aliphatic imine (C=N–C) groups is 1. The molecule has 0 fully saturated rings. The van der Waals surface area contributed by atoms with E-state index in [1.54, 1.807) is 6.21 Å². The van der Waals surface area contributed by atoms with Gasteiger partial charge in [-0.05, 0) is 19.8 Å². The topological polar surface area (TPSA) is 69.9 Å². The molecule has 10 heavy (non-hydrogen) atoms. The Morgan fingerprint density at radius 1 is 1.70 bits per heavy atom. The van der Waals surface area contributed by atoms with Crippen molar-refractivity contribution in [3.8, 4) is 0 Å². The van der Waals surface area contributed by atoms with Gasteiger partial charge in [0.15, 0.2) is 5.28 Å². The molecule has 1 heterocycles. The lowest BCUT2D eigenvalue weighted by molar-refractivity contribution is 0.332. The van der Waals surface area contributed by atoms with E-state index in [1.165, 1.54) is 6.92 Å². The Hall–Kier alpha value is -0.180. The van der Waals surface area contributed by atoms with E-state index in [4.69, 9.17) is 9.79 Å². The summed E-state index contributed by atoms with van der Waals surface area (Å²) in [5.74, 6) is 0. The molecule has 1 rings (SSSR count). The molecule has 0 aromatic carbocycles. The highest BCUT2D eigenvalue weighted by atomic mass is 31.2. The average Bonchev–Trinajstić information content (AvgIpc) is 2.13. The largest absolute Gasteiger partial charge is 0.352 e. The molecule has 1 atom stereocenters. The van der Waals surface area contributed by atoms with Crippen LogP contribution in [0.15, 0.2) is 4.99 Å².